The summed E-state index contributed by atoms with van der Waals surface area (Å²) in [6.45, 7) is 0. The van der Waals surface area contributed by atoms with E-state index < -0.39 is 5.97 Å². The molecule has 0 radical (unpaired) electrons. The normalized spacial score (nSPS) is 43.0. The Morgan fingerprint density at radius 2 is 1.00 bits per heavy atom. The zero-order chi connectivity index (χ0) is 23.5. The molecule has 1 heterocycles. The maximum Gasteiger partial charge on any atom is 0.306 e. The van der Waals surface area contributed by atoms with Crippen molar-refractivity contribution < 1.29 is 14.6 Å². The number of hydrogen-bond donors (Lipinski definition) is 1. The number of carboxylic acids is 1. The Bertz CT molecular complexity index is 579. The highest BCUT2D eigenvalue weighted by Gasteiger charge is 2.46. The molecular formula is C28H51N2O3+. The summed E-state index contributed by atoms with van der Waals surface area (Å²) in [6, 6.07) is 1.53. The van der Waals surface area contributed by atoms with Gasteiger partial charge in [0.1, 0.15) is 0 Å². The van der Waals surface area contributed by atoms with Crippen molar-refractivity contribution in [2.75, 3.05) is 28.2 Å². The predicted molar refractivity (Wildman–Crippen MR) is 134 cm³/mol. The molecule has 190 valence electrons. The van der Waals surface area contributed by atoms with Gasteiger partial charge in [0.2, 0.25) is 0 Å². The Balaban J connectivity index is 1.40. The second-order valence-corrected chi connectivity index (χ2v) is 12.5. The van der Waals surface area contributed by atoms with Crippen LogP contribution in [0.1, 0.15) is 89.9 Å². The van der Waals surface area contributed by atoms with Gasteiger partial charge >= 0.3 is 5.97 Å². The van der Waals surface area contributed by atoms with Crippen LogP contribution in [0.2, 0.25) is 0 Å². The Hall–Kier alpha value is -0.650. The highest BCUT2D eigenvalue weighted by Crippen LogP contribution is 2.45. The van der Waals surface area contributed by atoms with Crippen molar-refractivity contribution in [1.29, 1.82) is 0 Å². The molecule has 3 aliphatic carbocycles. The van der Waals surface area contributed by atoms with Crippen molar-refractivity contribution in [1.82, 2.24) is 9.80 Å². The van der Waals surface area contributed by atoms with E-state index >= 15 is 0 Å². The minimum Gasteiger partial charge on any atom is -0.481 e. The number of carbonyl (C=O) groups is 1. The maximum absolute atomic E-state index is 11.5. The minimum atomic E-state index is -0.583. The number of rotatable bonds is 6. The Labute approximate surface area is 202 Å². The monoisotopic (exact) mass is 463 g/mol. The van der Waals surface area contributed by atoms with Crippen molar-refractivity contribution >= 4 is 5.97 Å². The van der Waals surface area contributed by atoms with Crippen molar-refractivity contribution in [2.24, 2.45) is 29.6 Å². The number of aliphatic carboxylic acids is 1. The van der Waals surface area contributed by atoms with E-state index in [0.29, 0.717) is 18.1 Å². The molecule has 3 unspecified atom stereocenters. The third-order valence-electron chi connectivity index (χ3n) is 10.3. The zero-order valence-corrected chi connectivity index (χ0v) is 21.8. The van der Waals surface area contributed by atoms with Crippen LogP contribution in [0.25, 0.3) is 0 Å². The third kappa shape index (κ3) is 6.32. The molecule has 0 amide bonds. The lowest BCUT2D eigenvalue weighted by Gasteiger charge is -2.45. The summed E-state index contributed by atoms with van der Waals surface area (Å²) in [4.78, 5) is 16.3. The second kappa shape index (κ2) is 11.4. The maximum atomic E-state index is 11.5. The van der Waals surface area contributed by atoms with E-state index in [1.807, 2.05) is 0 Å². The topological polar surface area (TPSA) is 56.6 Å². The quantitative estimate of drug-likeness (QED) is 0.575. The molecular weight excluding hydrogens is 412 g/mol. The third-order valence-corrected chi connectivity index (χ3v) is 10.3. The molecule has 33 heavy (non-hydrogen) atoms. The van der Waals surface area contributed by atoms with E-state index in [1.165, 1.54) is 64.2 Å². The predicted octanol–water partition coefficient (Wildman–Crippen LogP) is 4.79. The van der Waals surface area contributed by atoms with Crippen LogP contribution in [-0.2, 0) is 4.79 Å². The highest BCUT2D eigenvalue weighted by atomic mass is 16.5. The summed E-state index contributed by atoms with van der Waals surface area (Å²) < 4.78 is 5.59. The largest absolute Gasteiger partial charge is 0.481 e. The van der Waals surface area contributed by atoms with Gasteiger partial charge in [0.05, 0.1) is 5.92 Å². The number of hydrogen-bond acceptors (Lipinski definition) is 3. The first kappa shape index (κ1) is 25.4. The van der Waals surface area contributed by atoms with Gasteiger partial charge in [0.15, 0.2) is 12.2 Å². The number of aliphatic hydroxyl groups is 2. The molecule has 4 rings (SSSR count). The molecule has 0 aromatic heterocycles. The van der Waals surface area contributed by atoms with Gasteiger partial charge in [-0.05, 0) is 117 Å². The summed E-state index contributed by atoms with van der Waals surface area (Å²) >= 11 is 0. The van der Waals surface area contributed by atoms with E-state index in [-0.39, 0.29) is 5.92 Å². The lowest BCUT2D eigenvalue weighted by Crippen LogP contribution is -2.48. The van der Waals surface area contributed by atoms with Gasteiger partial charge < -0.3 is 19.6 Å². The Kier molecular flexibility index (Phi) is 8.78. The number of carboxylic acid groups (broad SMARTS) is 1. The van der Waals surface area contributed by atoms with Gasteiger partial charge in [-0.3, -0.25) is 4.79 Å². The summed E-state index contributed by atoms with van der Waals surface area (Å²) in [5, 5.41) is 9.45. The molecule has 4 aliphatic rings. The molecule has 5 nitrogen and oxygen atoms in total. The standard InChI is InChI=1S/C28H50N2O3/c1-29(2)24-13-9-19(10-14-24)23-17-26(20-5-7-22(8-6-20)28(31)32)33-27(18-23)21-11-15-25(16-12-21)30(3)4/h19-27H,5-18H2,1-4H3,(H,31,32)/p+1. The van der Waals surface area contributed by atoms with Gasteiger partial charge in [-0.1, -0.05) is 0 Å². The average molecular weight is 464 g/mol. The summed E-state index contributed by atoms with van der Waals surface area (Å²) in [5.41, 5.74) is 0. The van der Waals surface area contributed by atoms with Crippen LogP contribution in [-0.4, -0.2) is 78.1 Å². The van der Waals surface area contributed by atoms with Gasteiger partial charge in [0, 0.05) is 36.8 Å². The van der Waals surface area contributed by atoms with Crippen molar-refractivity contribution in [2.45, 2.75) is 114 Å². The van der Waals surface area contributed by atoms with Crippen LogP contribution in [0, 0.1) is 29.6 Å². The molecule has 3 atom stereocenters. The van der Waals surface area contributed by atoms with Crippen molar-refractivity contribution in [3.05, 3.63) is 0 Å². The van der Waals surface area contributed by atoms with Crippen LogP contribution < -0.4 is 0 Å². The van der Waals surface area contributed by atoms with E-state index in [0.717, 1.165) is 55.5 Å². The molecule has 4 fully saturated rings. The molecule has 1 saturated heterocycles. The van der Waals surface area contributed by atoms with Gasteiger partial charge in [-0.15, -0.1) is 0 Å². The van der Waals surface area contributed by atoms with Crippen LogP contribution in [0.5, 0.6) is 0 Å². The first-order valence-electron chi connectivity index (χ1n) is 14.1. The molecule has 1 aliphatic heterocycles. The van der Waals surface area contributed by atoms with Crippen molar-refractivity contribution in [3.63, 3.8) is 0 Å². The molecule has 0 bridgehead atoms. The van der Waals surface area contributed by atoms with Gasteiger partial charge in [-0.2, -0.15) is 0 Å². The van der Waals surface area contributed by atoms with Crippen LogP contribution in [0.3, 0.4) is 0 Å². The molecule has 5 heteroatoms. The summed E-state index contributed by atoms with van der Waals surface area (Å²) in [7, 11) is 8.96. The first-order chi connectivity index (χ1) is 15.8. The minimum absolute atomic E-state index is 0.112. The summed E-state index contributed by atoms with van der Waals surface area (Å²) in [5.74, 6) is 2.43. The highest BCUT2D eigenvalue weighted by molar-refractivity contribution is 5.69. The van der Waals surface area contributed by atoms with Crippen molar-refractivity contribution in [3.8, 4) is 0 Å². The SMILES string of the molecule is CN(C)C1CCC(C2CC(C3CCC(C(=O)O)CC3)[OH+]C(C3CCC(N(C)C)CC3)C2)CC1. The lowest BCUT2D eigenvalue weighted by atomic mass is 9.68. The molecule has 2 N–H and O–H groups in total. The molecule has 0 spiro atoms. The Morgan fingerprint density at radius 3 is 1.39 bits per heavy atom. The fourth-order valence-corrected chi connectivity index (χ4v) is 7.94. The fraction of sp³-hybridized carbons (Fsp3) is 0.964. The van der Waals surface area contributed by atoms with Crippen LogP contribution in [0.4, 0.5) is 0 Å². The fourth-order valence-electron chi connectivity index (χ4n) is 7.94. The van der Waals surface area contributed by atoms with Crippen LogP contribution >= 0.6 is 0 Å². The number of ether oxygens (including phenoxy) is 1. The first-order valence-corrected chi connectivity index (χ1v) is 14.1. The Morgan fingerprint density at radius 1 is 0.606 bits per heavy atom. The molecule has 0 aromatic rings. The van der Waals surface area contributed by atoms with Gasteiger partial charge in [-0.25, -0.2) is 0 Å². The zero-order valence-electron chi connectivity index (χ0n) is 21.8. The molecule has 3 saturated carbocycles. The summed E-state index contributed by atoms with van der Waals surface area (Å²) in [6.07, 6.45) is 18.4. The van der Waals surface area contributed by atoms with Crippen LogP contribution in [0.15, 0.2) is 0 Å². The van der Waals surface area contributed by atoms with E-state index in [9.17, 15) is 9.90 Å². The van der Waals surface area contributed by atoms with E-state index in [2.05, 4.69) is 38.0 Å². The lowest BCUT2D eigenvalue weighted by molar-refractivity contribution is -0.248. The van der Waals surface area contributed by atoms with Gasteiger partial charge in [0.25, 0.3) is 0 Å². The second-order valence-electron chi connectivity index (χ2n) is 12.5. The smallest absolute Gasteiger partial charge is 0.306 e. The van der Waals surface area contributed by atoms with E-state index in [4.69, 9.17) is 4.74 Å². The average Bonchev–Trinajstić information content (AvgIpc) is 2.84. The molecule has 0 aromatic carbocycles. The number of nitrogens with zero attached hydrogens (tertiary/aromatic N) is 2. The van der Waals surface area contributed by atoms with E-state index in [1.54, 1.807) is 0 Å².